The summed E-state index contributed by atoms with van der Waals surface area (Å²) in [4.78, 5) is 0. The van der Waals surface area contributed by atoms with Crippen LogP contribution in [0.4, 0.5) is 0 Å². The molecule has 0 saturated heterocycles. The van der Waals surface area contributed by atoms with Gasteiger partial charge in [0.25, 0.3) is 0 Å². The molecule has 2 heterocycles. The Balaban J connectivity index is 0.00000232. The van der Waals surface area contributed by atoms with Crippen molar-refractivity contribution in [1.82, 2.24) is 9.13 Å². The van der Waals surface area contributed by atoms with Gasteiger partial charge in [-0.3, -0.25) is 0 Å². The van der Waals surface area contributed by atoms with E-state index in [-0.39, 0.29) is 0 Å². The Morgan fingerprint density at radius 1 is 0.444 bits per heavy atom. The second-order valence-corrected chi connectivity index (χ2v) is 15.9. The Bertz CT molecular complexity index is 3520. The normalized spacial score (nSPS) is 12.0. The van der Waals surface area contributed by atoms with Crippen molar-refractivity contribution < 1.29 is 0 Å². The Labute approximate surface area is 369 Å². The summed E-state index contributed by atoms with van der Waals surface area (Å²) in [6.07, 6.45) is 6.69. The number of rotatable bonds is 8. The third-order valence-corrected chi connectivity index (χ3v) is 12.2. The van der Waals surface area contributed by atoms with Gasteiger partial charge in [-0.25, -0.2) is 0 Å². The van der Waals surface area contributed by atoms with E-state index in [1.807, 2.05) is 19.9 Å². The minimum absolute atomic E-state index is 0.975. The summed E-state index contributed by atoms with van der Waals surface area (Å²) in [6.45, 7) is 10.7. The number of allylic oxidation sites excluding steroid dienone is 5. The molecule has 0 aliphatic rings. The zero-order valence-corrected chi connectivity index (χ0v) is 36.0. The highest BCUT2D eigenvalue weighted by atomic mass is 15.0. The van der Waals surface area contributed by atoms with Crippen LogP contribution in [0.5, 0.6) is 0 Å². The van der Waals surface area contributed by atoms with Crippen LogP contribution in [-0.4, -0.2) is 9.13 Å². The zero-order valence-electron chi connectivity index (χ0n) is 36.0. The second-order valence-electron chi connectivity index (χ2n) is 15.9. The Kier molecular flexibility index (Phi) is 10.5. The fraction of sp³-hybridized carbons (Fsp3) is 0.0492. The first kappa shape index (κ1) is 39.2. The van der Waals surface area contributed by atoms with Crippen molar-refractivity contribution in [1.29, 1.82) is 0 Å². The first-order chi connectivity index (χ1) is 31.1. The molecule has 0 aliphatic carbocycles. The topological polar surface area (TPSA) is 9.86 Å². The lowest BCUT2D eigenvalue weighted by atomic mass is 9.96. The van der Waals surface area contributed by atoms with Crippen LogP contribution in [0.1, 0.15) is 37.5 Å². The average Bonchev–Trinajstić information content (AvgIpc) is 3.93. The van der Waals surface area contributed by atoms with Crippen molar-refractivity contribution >= 4 is 71.0 Å². The van der Waals surface area contributed by atoms with E-state index in [9.17, 15) is 0 Å². The largest absolute Gasteiger partial charge is 0.316 e. The second kappa shape index (κ2) is 16.8. The lowest BCUT2D eigenvalue weighted by Gasteiger charge is -2.12. The van der Waals surface area contributed by atoms with Gasteiger partial charge in [0.2, 0.25) is 0 Å². The van der Waals surface area contributed by atoms with E-state index >= 15 is 0 Å². The number of nitrogens with zero attached hydrogens (tertiary/aromatic N) is 2. The lowest BCUT2D eigenvalue weighted by Crippen LogP contribution is -1.95. The van der Waals surface area contributed by atoms with Crippen LogP contribution in [0, 0.1) is 0 Å². The maximum Gasteiger partial charge on any atom is 0.0547 e. The smallest absolute Gasteiger partial charge is 0.0547 e. The van der Waals surface area contributed by atoms with Crippen LogP contribution in [0.25, 0.3) is 93.5 Å². The maximum atomic E-state index is 4.48. The molecule has 9 aromatic carbocycles. The summed E-state index contributed by atoms with van der Waals surface area (Å²) in [5.74, 6) is 0. The summed E-state index contributed by atoms with van der Waals surface area (Å²) in [5.41, 5.74) is 15.0. The Morgan fingerprint density at radius 2 is 1.05 bits per heavy atom. The third kappa shape index (κ3) is 7.26. The number of hydrogen-bond donors (Lipinski definition) is 0. The quantitative estimate of drug-likeness (QED) is 0.135. The minimum Gasteiger partial charge on any atom is -0.316 e. The van der Waals surface area contributed by atoms with Gasteiger partial charge in [0.05, 0.1) is 22.2 Å². The van der Waals surface area contributed by atoms with Crippen LogP contribution in [0.2, 0.25) is 0 Å². The highest BCUT2D eigenvalue weighted by molar-refractivity contribution is 6.22. The monoisotopic (exact) mass is 808 g/mol. The molecule has 302 valence electrons. The van der Waals surface area contributed by atoms with Crippen LogP contribution in [0.15, 0.2) is 231 Å². The van der Waals surface area contributed by atoms with Crippen LogP contribution in [-0.2, 0) is 0 Å². The molecule has 0 saturated carbocycles. The van der Waals surface area contributed by atoms with Crippen molar-refractivity contribution in [2.75, 3.05) is 0 Å². The average molecular weight is 809 g/mol. The van der Waals surface area contributed by atoms with Gasteiger partial charge >= 0.3 is 0 Å². The van der Waals surface area contributed by atoms with Crippen molar-refractivity contribution in [2.45, 2.75) is 20.8 Å². The van der Waals surface area contributed by atoms with Crippen molar-refractivity contribution in [3.05, 3.63) is 248 Å². The van der Waals surface area contributed by atoms with E-state index in [2.05, 4.69) is 241 Å². The SMILES string of the molecule is C=C(/C=C(\C=C(/C)c1ccccc1)c1ccc(-n2c3ccc(-c4ccc5c(ccn5-c5cccc6ccccc56)c4)cc3c3c4ccccc4ccc32)cc1)c1ccccc1.CC. The summed E-state index contributed by atoms with van der Waals surface area (Å²) >= 11 is 0. The van der Waals surface area contributed by atoms with Gasteiger partial charge in [-0.05, 0) is 128 Å². The van der Waals surface area contributed by atoms with Crippen molar-refractivity contribution in [3.8, 4) is 22.5 Å². The molecular weight excluding hydrogens is 761 g/mol. The van der Waals surface area contributed by atoms with Gasteiger partial charge in [0, 0.05) is 33.4 Å². The van der Waals surface area contributed by atoms with Crippen LogP contribution < -0.4 is 0 Å². The molecule has 0 aliphatic heterocycles. The molecule has 0 unspecified atom stereocenters. The number of aromatic nitrogens is 2. The van der Waals surface area contributed by atoms with Gasteiger partial charge in [-0.2, -0.15) is 0 Å². The molecule has 0 radical (unpaired) electrons. The molecule has 2 nitrogen and oxygen atoms in total. The number of benzene rings is 9. The molecule has 0 bridgehead atoms. The molecule has 2 heteroatoms. The molecule has 11 rings (SSSR count). The fourth-order valence-corrected chi connectivity index (χ4v) is 9.15. The van der Waals surface area contributed by atoms with Crippen molar-refractivity contribution in [3.63, 3.8) is 0 Å². The van der Waals surface area contributed by atoms with E-state index in [0.29, 0.717) is 0 Å². The molecule has 63 heavy (non-hydrogen) atoms. The summed E-state index contributed by atoms with van der Waals surface area (Å²) in [7, 11) is 0. The summed E-state index contributed by atoms with van der Waals surface area (Å²) in [5, 5.41) is 8.70. The first-order valence-corrected chi connectivity index (χ1v) is 21.9. The van der Waals surface area contributed by atoms with Crippen LogP contribution in [0.3, 0.4) is 0 Å². The highest BCUT2D eigenvalue weighted by Crippen LogP contribution is 2.40. The Morgan fingerprint density at radius 3 is 1.79 bits per heavy atom. The van der Waals surface area contributed by atoms with E-state index in [0.717, 1.165) is 28.0 Å². The third-order valence-electron chi connectivity index (χ3n) is 12.2. The standard InChI is InChI=1S/C59H42N2.C2H6/c1-40(42-14-5-3-6-15-42)36-50(37-41(2)43-16-7-4-8-17-43)44-24-29-51(30-25-44)61-57-32-28-48(39-54(57)59-53-22-12-10-19-46(53)26-33-58(59)61)47-27-31-55-49(38-47)34-35-60(55)56-23-13-20-45-18-9-11-21-52(45)56;1-2/h3-39H,1H2,2H3;1-2H3/b41-37+,50-36+;. The van der Waals surface area contributed by atoms with Gasteiger partial charge in [-0.15, -0.1) is 0 Å². The molecule has 0 N–H and O–H groups in total. The first-order valence-electron chi connectivity index (χ1n) is 21.9. The zero-order chi connectivity index (χ0) is 42.9. The number of hydrogen-bond acceptors (Lipinski definition) is 0. The van der Waals surface area contributed by atoms with Gasteiger partial charge in [0.1, 0.15) is 0 Å². The fourth-order valence-electron chi connectivity index (χ4n) is 9.15. The van der Waals surface area contributed by atoms with E-state index in [4.69, 9.17) is 0 Å². The predicted octanol–water partition coefficient (Wildman–Crippen LogP) is 16.9. The molecule has 0 spiro atoms. The molecular formula is C61H48N2. The summed E-state index contributed by atoms with van der Waals surface area (Å²) in [6, 6.07) is 74.5. The van der Waals surface area contributed by atoms with Gasteiger partial charge < -0.3 is 9.13 Å². The van der Waals surface area contributed by atoms with E-state index in [1.54, 1.807) is 0 Å². The van der Waals surface area contributed by atoms with Crippen molar-refractivity contribution in [2.24, 2.45) is 0 Å². The van der Waals surface area contributed by atoms with Gasteiger partial charge in [-0.1, -0.05) is 178 Å². The predicted molar refractivity (Wildman–Crippen MR) is 273 cm³/mol. The molecule has 2 aromatic heterocycles. The minimum atomic E-state index is 0.975. The maximum absolute atomic E-state index is 4.48. The highest BCUT2D eigenvalue weighted by Gasteiger charge is 2.17. The number of fused-ring (bicyclic) bond motifs is 7. The van der Waals surface area contributed by atoms with E-state index in [1.165, 1.54) is 82.2 Å². The summed E-state index contributed by atoms with van der Waals surface area (Å²) < 4.78 is 4.74. The van der Waals surface area contributed by atoms with E-state index < -0.39 is 0 Å². The molecule has 0 atom stereocenters. The molecule has 0 fully saturated rings. The van der Waals surface area contributed by atoms with Crippen LogP contribution >= 0.6 is 0 Å². The Hall–Kier alpha value is -7.94. The lowest BCUT2D eigenvalue weighted by molar-refractivity contribution is 1.14. The van der Waals surface area contributed by atoms with Gasteiger partial charge in [0.15, 0.2) is 0 Å². The molecule has 11 aromatic rings. The molecule has 0 amide bonds.